The lowest BCUT2D eigenvalue weighted by molar-refractivity contribution is 0.0933. The number of fused-ring (bicyclic) bond motifs is 1. The molecule has 0 aromatic heterocycles. The van der Waals surface area contributed by atoms with E-state index in [1.807, 2.05) is 25.1 Å². The number of halogens is 1. The standard InChI is InChI=1S/C17H16FNO2/c1-11-5-7-12(8-6-11)17(20)19-10-14-9-13-3-2-4-15(18)16(13)21-14/h2-8,14H,9-10H2,1H3,(H,19,20). The second kappa shape index (κ2) is 5.56. The zero-order chi connectivity index (χ0) is 14.8. The van der Waals surface area contributed by atoms with Crippen molar-refractivity contribution >= 4 is 5.91 Å². The predicted molar refractivity (Wildman–Crippen MR) is 78.0 cm³/mol. The first-order chi connectivity index (χ1) is 10.1. The van der Waals surface area contributed by atoms with Crippen LogP contribution in [0.15, 0.2) is 42.5 Å². The van der Waals surface area contributed by atoms with E-state index >= 15 is 0 Å². The van der Waals surface area contributed by atoms with Gasteiger partial charge in [-0.1, -0.05) is 29.8 Å². The van der Waals surface area contributed by atoms with Crippen LogP contribution in [0.3, 0.4) is 0 Å². The minimum absolute atomic E-state index is 0.143. The summed E-state index contributed by atoms with van der Waals surface area (Å²) in [5.74, 6) is -0.179. The van der Waals surface area contributed by atoms with E-state index in [1.165, 1.54) is 6.07 Å². The quantitative estimate of drug-likeness (QED) is 0.941. The number of amides is 1. The van der Waals surface area contributed by atoms with Gasteiger partial charge in [0.15, 0.2) is 11.6 Å². The summed E-state index contributed by atoms with van der Waals surface area (Å²) in [4.78, 5) is 12.0. The van der Waals surface area contributed by atoms with Gasteiger partial charge >= 0.3 is 0 Å². The molecule has 21 heavy (non-hydrogen) atoms. The molecular weight excluding hydrogens is 269 g/mol. The Morgan fingerprint density at radius 2 is 2.05 bits per heavy atom. The average molecular weight is 285 g/mol. The van der Waals surface area contributed by atoms with E-state index in [9.17, 15) is 9.18 Å². The van der Waals surface area contributed by atoms with Crippen LogP contribution in [0.4, 0.5) is 4.39 Å². The number of aryl methyl sites for hydroxylation is 1. The number of para-hydroxylation sites is 1. The first-order valence-electron chi connectivity index (χ1n) is 6.92. The smallest absolute Gasteiger partial charge is 0.251 e. The zero-order valence-electron chi connectivity index (χ0n) is 11.7. The van der Waals surface area contributed by atoms with Crippen LogP contribution in [0.5, 0.6) is 5.75 Å². The van der Waals surface area contributed by atoms with Crippen molar-refractivity contribution in [3.05, 3.63) is 65.0 Å². The fourth-order valence-electron chi connectivity index (χ4n) is 2.43. The second-order valence-corrected chi connectivity index (χ2v) is 5.25. The largest absolute Gasteiger partial charge is 0.485 e. The van der Waals surface area contributed by atoms with E-state index in [-0.39, 0.29) is 17.8 Å². The lowest BCUT2D eigenvalue weighted by atomic mass is 10.1. The molecule has 3 nitrogen and oxygen atoms in total. The van der Waals surface area contributed by atoms with Crippen molar-refractivity contribution in [1.29, 1.82) is 0 Å². The molecule has 0 spiro atoms. The Hall–Kier alpha value is -2.36. The van der Waals surface area contributed by atoms with E-state index in [0.717, 1.165) is 11.1 Å². The third-order valence-corrected chi connectivity index (χ3v) is 3.58. The summed E-state index contributed by atoms with van der Waals surface area (Å²) in [6.45, 7) is 2.33. The van der Waals surface area contributed by atoms with Gasteiger partial charge in [0.25, 0.3) is 5.91 Å². The zero-order valence-corrected chi connectivity index (χ0v) is 11.7. The molecule has 3 rings (SSSR count). The summed E-state index contributed by atoms with van der Waals surface area (Å²) in [6, 6.07) is 12.3. The molecule has 0 bridgehead atoms. The number of ether oxygens (including phenoxy) is 1. The van der Waals surface area contributed by atoms with Gasteiger partial charge < -0.3 is 10.1 Å². The Bertz CT molecular complexity index is 667. The maximum atomic E-state index is 13.6. The topological polar surface area (TPSA) is 38.3 Å². The van der Waals surface area contributed by atoms with Crippen molar-refractivity contribution in [2.75, 3.05) is 6.54 Å². The van der Waals surface area contributed by atoms with Crippen LogP contribution in [0, 0.1) is 12.7 Å². The molecule has 2 aromatic carbocycles. The number of nitrogens with one attached hydrogen (secondary N) is 1. The van der Waals surface area contributed by atoms with Gasteiger partial charge in [-0.05, 0) is 25.1 Å². The molecule has 0 saturated carbocycles. The van der Waals surface area contributed by atoms with Crippen LogP contribution < -0.4 is 10.1 Å². The van der Waals surface area contributed by atoms with Crippen LogP contribution in [-0.4, -0.2) is 18.6 Å². The van der Waals surface area contributed by atoms with Gasteiger partial charge in [-0.2, -0.15) is 0 Å². The number of rotatable bonds is 3. The van der Waals surface area contributed by atoms with Gasteiger partial charge in [0.05, 0.1) is 6.54 Å². The van der Waals surface area contributed by atoms with E-state index in [1.54, 1.807) is 18.2 Å². The number of carbonyl (C=O) groups is 1. The molecule has 0 saturated heterocycles. The van der Waals surface area contributed by atoms with Crippen molar-refractivity contribution in [2.45, 2.75) is 19.4 Å². The average Bonchev–Trinajstić information content (AvgIpc) is 2.90. The van der Waals surface area contributed by atoms with E-state index in [4.69, 9.17) is 4.74 Å². The van der Waals surface area contributed by atoms with Crippen LogP contribution in [-0.2, 0) is 6.42 Å². The minimum Gasteiger partial charge on any atom is -0.485 e. The number of benzene rings is 2. The molecule has 1 amide bonds. The number of hydrogen-bond donors (Lipinski definition) is 1. The van der Waals surface area contributed by atoms with E-state index in [2.05, 4.69) is 5.32 Å². The Morgan fingerprint density at radius 3 is 2.76 bits per heavy atom. The Balaban J connectivity index is 1.59. The Morgan fingerprint density at radius 1 is 1.29 bits per heavy atom. The monoisotopic (exact) mass is 285 g/mol. The molecule has 1 atom stereocenters. The highest BCUT2D eigenvalue weighted by Gasteiger charge is 2.25. The first kappa shape index (κ1) is 13.6. The van der Waals surface area contributed by atoms with E-state index in [0.29, 0.717) is 24.3 Å². The van der Waals surface area contributed by atoms with Gasteiger partial charge in [-0.25, -0.2) is 4.39 Å². The molecule has 0 radical (unpaired) electrons. The molecule has 0 fully saturated rings. The van der Waals surface area contributed by atoms with Gasteiger partial charge in [0.1, 0.15) is 6.10 Å². The van der Waals surface area contributed by atoms with Crippen molar-refractivity contribution in [3.8, 4) is 5.75 Å². The Kier molecular flexibility index (Phi) is 3.60. The van der Waals surface area contributed by atoms with Crippen LogP contribution in [0.2, 0.25) is 0 Å². The lowest BCUT2D eigenvalue weighted by Crippen LogP contribution is -2.34. The molecule has 1 aliphatic heterocycles. The minimum atomic E-state index is -0.347. The van der Waals surface area contributed by atoms with Crippen LogP contribution in [0.1, 0.15) is 21.5 Å². The third kappa shape index (κ3) is 2.89. The highest BCUT2D eigenvalue weighted by atomic mass is 19.1. The third-order valence-electron chi connectivity index (χ3n) is 3.58. The van der Waals surface area contributed by atoms with Gasteiger partial charge in [-0.3, -0.25) is 4.79 Å². The summed E-state index contributed by atoms with van der Waals surface area (Å²) in [5, 5.41) is 2.83. The predicted octanol–water partition coefficient (Wildman–Crippen LogP) is 2.87. The summed E-state index contributed by atoms with van der Waals surface area (Å²) in [6.07, 6.45) is 0.396. The van der Waals surface area contributed by atoms with Crippen molar-refractivity contribution < 1.29 is 13.9 Å². The molecule has 2 aromatic rings. The highest BCUT2D eigenvalue weighted by Crippen LogP contribution is 2.31. The molecule has 1 N–H and O–H groups in total. The number of hydrogen-bond acceptors (Lipinski definition) is 2. The van der Waals surface area contributed by atoms with Crippen molar-refractivity contribution in [2.24, 2.45) is 0 Å². The molecule has 1 heterocycles. The normalized spacial score (nSPS) is 16.2. The summed E-state index contributed by atoms with van der Waals surface area (Å²) in [7, 11) is 0. The summed E-state index contributed by atoms with van der Waals surface area (Å²) >= 11 is 0. The highest BCUT2D eigenvalue weighted by molar-refractivity contribution is 5.94. The van der Waals surface area contributed by atoms with Gasteiger partial charge in [0.2, 0.25) is 0 Å². The van der Waals surface area contributed by atoms with E-state index < -0.39 is 0 Å². The molecule has 4 heteroatoms. The fourth-order valence-corrected chi connectivity index (χ4v) is 2.43. The maximum absolute atomic E-state index is 13.6. The second-order valence-electron chi connectivity index (χ2n) is 5.25. The summed E-state index contributed by atoms with van der Waals surface area (Å²) < 4.78 is 19.1. The van der Waals surface area contributed by atoms with Crippen LogP contribution in [0.25, 0.3) is 0 Å². The van der Waals surface area contributed by atoms with Crippen LogP contribution >= 0.6 is 0 Å². The molecule has 1 aliphatic rings. The van der Waals surface area contributed by atoms with Gasteiger partial charge in [0, 0.05) is 17.5 Å². The first-order valence-corrected chi connectivity index (χ1v) is 6.92. The number of carbonyl (C=O) groups excluding carboxylic acids is 1. The van der Waals surface area contributed by atoms with Crippen molar-refractivity contribution in [3.63, 3.8) is 0 Å². The summed E-state index contributed by atoms with van der Waals surface area (Å²) in [5.41, 5.74) is 2.57. The molecule has 1 unspecified atom stereocenters. The maximum Gasteiger partial charge on any atom is 0.251 e. The molecule has 108 valence electrons. The molecule has 0 aliphatic carbocycles. The lowest BCUT2D eigenvalue weighted by Gasteiger charge is -2.12. The molecular formula is C17H16FNO2. The SMILES string of the molecule is Cc1ccc(C(=O)NCC2Cc3cccc(F)c3O2)cc1. The Labute approximate surface area is 122 Å². The fraction of sp³-hybridized carbons (Fsp3) is 0.235. The van der Waals surface area contributed by atoms with Crippen molar-refractivity contribution in [1.82, 2.24) is 5.32 Å². The van der Waals surface area contributed by atoms with Gasteiger partial charge in [-0.15, -0.1) is 0 Å².